The van der Waals surface area contributed by atoms with E-state index in [1.165, 1.54) is 24.9 Å². The minimum absolute atomic E-state index is 0.0390. The van der Waals surface area contributed by atoms with Gasteiger partial charge in [-0.25, -0.2) is 0 Å². The first-order valence-electron chi connectivity index (χ1n) is 9.55. The second-order valence-electron chi connectivity index (χ2n) is 7.04. The van der Waals surface area contributed by atoms with Gasteiger partial charge in [-0.05, 0) is 38.5 Å². The highest BCUT2D eigenvalue weighted by atomic mass is 16.5. The Morgan fingerprint density at radius 2 is 2.13 bits per heavy atom. The molecule has 1 unspecified atom stereocenters. The molecule has 1 atom stereocenters. The average molecular weight is 415 g/mol. The third-order valence-corrected chi connectivity index (χ3v) is 4.70. The predicted octanol–water partition coefficient (Wildman–Crippen LogP) is 1.32. The van der Waals surface area contributed by atoms with Gasteiger partial charge in [-0.3, -0.25) is 19.1 Å². The van der Waals surface area contributed by atoms with Gasteiger partial charge >= 0.3 is 0 Å². The van der Waals surface area contributed by atoms with Gasteiger partial charge in [-0.2, -0.15) is 5.10 Å². The van der Waals surface area contributed by atoms with Crippen LogP contribution in [0.1, 0.15) is 29.9 Å². The minimum Gasteiger partial charge on any atom is -0.466 e. The van der Waals surface area contributed by atoms with Crippen LogP contribution in [0.2, 0.25) is 0 Å². The van der Waals surface area contributed by atoms with E-state index in [0.717, 1.165) is 5.56 Å². The van der Waals surface area contributed by atoms with Gasteiger partial charge in [0.25, 0.3) is 23.3 Å². The molecule has 160 valence electrons. The summed E-state index contributed by atoms with van der Waals surface area (Å²) in [6, 6.07) is 5.28. The van der Waals surface area contributed by atoms with Crippen LogP contribution in [-0.2, 0) is 20.9 Å². The Morgan fingerprint density at radius 1 is 1.37 bits per heavy atom. The topological polar surface area (TPSA) is 124 Å². The molecule has 10 nitrogen and oxygen atoms in total. The zero-order chi connectivity index (χ0) is 21.9. The minimum atomic E-state index is -1.82. The zero-order valence-corrected chi connectivity index (χ0v) is 17.4. The Bertz CT molecular complexity index is 986. The Hall–Kier alpha value is -3.40. The summed E-state index contributed by atoms with van der Waals surface area (Å²) in [5, 5.41) is 12.2. The molecule has 0 bridgehead atoms. The van der Waals surface area contributed by atoms with Gasteiger partial charge < -0.3 is 25.4 Å². The van der Waals surface area contributed by atoms with Crippen LogP contribution >= 0.6 is 0 Å². The molecule has 0 aliphatic carbocycles. The number of fused-ring (bicyclic) bond motifs is 1. The first-order valence-corrected chi connectivity index (χ1v) is 9.55. The van der Waals surface area contributed by atoms with Crippen LogP contribution < -0.4 is 20.7 Å². The van der Waals surface area contributed by atoms with E-state index in [1.807, 2.05) is 19.9 Å². The van der Waals surface area contributed by atoms with Crippen LogP contribution in [0.25, 0.3) is 0 Å². The van der Waals surface area contributed by atoms with E-state index in [1.54, 1.807) is 12.1 Å². The number of nitrogens with one attached hydrogen (secondary N) is 3. The molecule has 3 rings (SSSR count). The highest BCUT2D eigenvalue weighted by Crippen LogP contribution is 2.35. The maximum absolute atomic E-state index is 13.0. The molecule has 3 amide bonds. The highest BCUT2D eigenvalue weighted by molar-refractivity contribution is 6.19. The molecule has 1 aliphatic rings. The summed E-state index contributed by atoms with van der Waals surface area (Å²) in [7, 11) is 1.53. The summed E-state index contributed by atoms with van der Waals surface area (Å²) >= 11 is 0. The van der Waals surface area contributed by atoms with Crippen LogP contribution in [0.4, 0.5) is 11.4 Å². The first kappa shape index (κ1) is 21.3. The lowest BCUT2D eigenvalue weighted by Crippen LogP contribution is -2.56. The molecule has 1 aromatic carbocycles. The third kappa shape index (κ3) is 4.13. The summed E-state index contributed by atoms with van der Waals surface area (Å²) in [6.07, 6.45) is 1.53. The van der Waals surface area contributed by atoms with Crippen molar-refractivity contribution < 1.29 is 23.9 Å². The van der Waals surface area contributed by atoms with Gasteiger partial charge in [0.1, 0.15) is 5.75 Å². The largest absolute Gasteiger partial charge is 0.466 e. The van der Waals surface area contributed by atoms with Gasteiger partial charge in [-0.15, -0.1) is 0 Å². The Morgan fingerprint density at radius 3 is 2.83 bits per heavy atom. The fourth-order valence-electron chi connectivity index (χ4n) is 2.92. The summed E-state index contributed by atoms with van der Waals surface area (Å²) in [5.74, 6) is -1.39. The van der Waals surface area contributed by atoms with Gasteiger partial charge in [-0.1, -0.05) is 6.07 Å². The summed E-state index contributed by atoms with van der Waals surface area (Å²) in [5.41, 5.74) is -0.147. The number of hydrogen-bond acceptors (Lipinski definition) is 6. The van der Waals surface area contributed by atoms with Crippen molar-refractivity contribution in [2.75, 3.05) is 30.9 Å². The molecule has 0 spiro atoms. The average Bonchev–Trinajstić information content (AvgIpc) is 3.12. The van der Waals surface area contributed by atoms with Crippen molar-refractivity contribution in [2.45, 2.75) is 32.9 Å². The quantitative estimate of drug-likeness (QED) is 0.463. The van der Waals surface area contributed by atoms with E-state index < -0.39 is 23.3 Å². The van der Waals surface area contributed by atoms with Crippen molar-refractivity contribution in [3.05, 3.63) is 35.7 Å². The monoisotopic (exact) mass is 415 g/mol. The Labute approximate surface area is 173 Å². The van der Waals surface area contributed by atoms with Gasteiger partial charge in [0.05, 0.1) is 18.0 Å². The number of rotatable bonds is 7. The van der Waals surface area contributed by atoms with E-state index in [0.29, 0.717) is 31.1 Å². The van der Waals surface area contributed by atoms with Gasteiger partial charge in [0, 0.05) is 26.4 Å². The van der Waals surface area contributed by atoms with E-state index in [-0.39, 0.29) is 11.4 Å². The van der Waals surface area contributed by atoms with E-state index in [4.69, 9.17) is 9.47 Å². The summed E-state index contributed by atoms with van der Waals surface area (Å²) in [6.45, 7) is 6.24. The number of aromatic nitrogens is 2. The van der Waals surface area contributed by atoms with Crippen LogP contribution in [0.5, 0.6) is 5.75 Å². The van der Waals surface area contributed by atoms with Crippen molar-refractivity contribution in [2.24, 2.45) is 0 Å². The highest BCUT2D eigenvalue weighted by Gasteiger charge is 2.47. The normalized spacial score (nSPS) is 17.5. The number of carbonyl (C=O) groups is 3. The molecule has 10 heteroatoms. The van der Waals surface area contributed by atoms with Crippen LogP contribution in [-0.4, -0.2) is 53.4 Å². The smallest absolute Gasteiger partial charge is 0.278 e. The zero-order valence-electron chi connectivity index (χ0n) is 17.4. The number of amides is 3. The molecular weight excluding hydrogens is 390 g/mol. The number of anilines is 2. The van der Waals surface area contributed by atoms with Crippen molar-refractivity contribution in [3.8, 4) is 5.75 Å². The lowest BCUT2D eigenvalue weighted by Gasteiger charge is -2.33. The predicted molar refractivity (Wildman–Crippen MR) is 110 cm³/mol. The van der Waals surface area contributed by atoms with Crippen LogP contribution in [0, 0.1) is 6.92 Å². The Balaban J connectivity index is 1.83. The van der Waals surface area contributed by atoms with E-state index in [9.17, 15) is 14.4 Å². The van der Waals surface area contributed by atoms with E-state index >= 15 is 0 Å². The number of ether oxygens (including phenoxy) is 2. The maximum Gasteiger partial charge on any atom is 0.278 e. The Kier molecular flexibility index (Phi) is 6.06. The standard InChI is InChI=1S/C20H25N5O5/c1-5-25-11-14(16(24-25)17(26)21-8-9-29-4)23-19(28)20(3)18(27)22-13-10-12(2)6-7-15(13)30-20/h6-7,10-11H,5,8-9H2,1-4H3,(H,21,26)(H,22,27)(H,23,28). The van der Waals surface area contributed by atoms with Gasteiger partial charge in [0.2, 0.25) is 0 Å². The van der Waals surface area contributed by atoms with Crippen molar-refractivity contribution in [1.82, 2.24) is 15.1 Å². The fraction of sp³-hybridized carbons (Fsp3) is 0.400. The van der Waals surface area contributed by atoms with Crippen molar-refractivity contribution in [1.29, 1.82) is 0 Å². The number of benzene rings is 1. The van der Waals surface area contributed by atoms with Gasteiger partial charge in [0.15, 0.2) is 5.69 Å². The molecule has 30 heavy (non-hydrogen) atoms. The second-order valence-corrected chi connectivity index (χ2v) is 7.04. The molecule has 0 radical (unpaired) electrons. The lowest BCUT2D eigenvalue weighted by molar-refractivity contribution is -0.143. The number of aryl methyl sites for hydroxylation is 2. The number of hydrogen-bond donors (Lipinski definition) is 3. The molecule has 0 saturated carbocycles. The van der Waals surface area contributed by atoms with Crippen molar-refractivity contribution in [3.63, 3.8) is 0 Å². The second kappa shape index (κ2) is 8.54. The molecule has 2 aromatic rings. The molecule has 1 aliphatic heterocycles. The fourth-order valence-corrected chi connectivity index (χ4v) is 2.92. The number of methoxy groups -OCH3 is 1. The van der Waals surface area contributed by atoms with Crippen molar-refractivity contribution >= 4 is 29.1 Å². The van der Waals surface area contributed by atoms with Crippen LogP contribution in [0.15, 0.2) is 24.4 Å². The third-order valence-electron chi connectivity index (χ3n) is 4.70. The first-order chi connectivity index (χ1) is 14.3. The molecule has 1 aromatic heterocycles. The maximum atomic E-state index is 13.0. The molecule has 0 saturated heterocycles. The number of nitrogens with zero attached hydrogens (tertiary/aromatic N) is 2. The lowest BCUT2D eigenvalue weighted by atomic mass is 10.0. The number of carbonyl (C=O) groups excluding carboxylic acids is 3. The SMILES string of the molecule is CCn1cc(NC(=O)C2(C)Oc3ccc(C)cc3NC2=O)c(C(=O)NCCOC)n1. The molecule has 3 N–H and O–H groups in total. The van der Waals surface area contributed by atoms with Crippen LogP contribution in [0.3, 0.4) is 0 Å². The molecule has 2 heterocycles. The molecule has 0 fully saturated rings. The van der Waals surface area contributed by atoms with E-state index in [2.05, 4.69) is 21.0 Å². The summed E-state index contributed by atoms with van der Waals surface area (Å²) in [4.78, 5) is 38.2. The summed E-state index contributed by atoms with van der Waals surface area (Å²) < 4.78 is 12.2. The molecular formula is C20H25N5O5.